The second kappa shape index (κ2) is 4.00. The van der Waals surface area contributed by atoms with E-state index in [1.165, 1.54) is 19.2 Å². The number of phenols is 3. The molecule has 4 nitrogen and oxygen atoms in total. The van der Waals surface area contributed by atoms with Crippen molar-refractivity contribution >= 4 is 0 Å². The summed E-state index contributed by atoms with van der Waals surface area (Å²) in [6.07, 6.45) is 0.411. The van der Waals surface area contributed by atoms with Crippen LogP contribution in [0.25, 0.3) is 0 Å². The maximum Gasteiger partial charge on any atom is 0.126 e. The molecule has 3 N–H and O–H groups in total. The molecule has 0 saturated carbocycles. The number of ether oxygens (including phenoxy) is 1. The zero-order chi connectivity index (χ0) is 9.84. The summed E-state index contributed by atoms with van der Waals surface area (Å²) in [5.41, 5.74) is 0.389. The molecule has 0 aliphatic rings. The molecule has 0 fully saturated rings. The first-order chi connectivity index (χ1) is 6.15. The number of hydrogen-bond donors (Lipinski definition) is 3. The molecule has 0 saturated heterocycles. The maximum absolute atomic E-state index is 9.32. The van der Waals surface area contributed by atoms with Crippen LogP contribution < -0.4 is 0 Å². The number of hydrogen-bond acceptors (Lipinski definition) is 4. The molecule has 4 heteroatoms. The van der Waals surface area contributed by atoms with Crippen LogP contribution in [0.1, 0.15) is 5.56 Å². The van der Waals surface area contributed by atoms with E-state index in [9.17, 15) is 10.2 Å². The molecule has 13 heavy (non-hydrogen) atoms. The van der Waals surface area contributed by atoms with Gasteiger partial charge in [0.2, 0.25) is 0 Å². The van der Waals surface area contributed by atoms with Gasteiger partial charge >= 0.3 is 0 Å². The lowest BCUT2D eigenvalue weighted by molar-refractivity contribution is 0.200. The summed E-state index contributed by atoms with van der Waals surface area (Å²) in [7, 11) is 1.54. The van der Waals surface area contributed by atoms with Crippen molar-refractivity contribution in [2.24, 2.45) is 0 Å². The van der Waals surface area contributed by atoms with Crippen LogP contribution in [0.15, 0.2) is 12.1 Å². The van der Waals surface area contributed by atoms with Gasteiger partial charge < -0.3 is 20.1 Å². The second-order valence-electron chi connectivity index (χ2n) is 2.71. The molecule has 0 heterocycles. The third kappa shape index (κ3) is 2.26. The van der Waals surface area contributed by atoms with E-state index < -0.39 is 0 Å². The van der Waals surface area contributed by atoms with E-state index in [0.717, 1.165) is 0 Å². The average molecular weight is 184 g/mol. The van der Waals surface area contributed by atoms with Crippen LogP contribution in [0, 0.1) is 0 Å². The first-order valence-corrected chi connectivity index (χ1v) is 3.88. The number of benzene rings is 1. The van der Waals surface area contributed by atoms with Gasteiger partial charge in [0, 0.05) is 31.2 Å². The molecule has 1 aromatic carbocycles. The molecule has 0 aliphatic carbocycles. The van der Waals surface area contributed by atoms with E-state index in [-0.39, 0.29) is 17.2 Å². The molecular weight excluding hydrogens is 172 g/mol. The Hall–Kier alpha value is -1.42. The maximum atomic E-state index is 9.32. The van der Waals surface area contributed by atoms with Crippen molar-refractivity contribution in [1.82, 2.24) is 0 Å². The number of rotatable bonds is 3. The zero-order valence-corrected chi connectivity index (χ0v) is 7.32. The lowest BCUT2D eigenvalue weighted by Crippen LogP contribution is -1.95. The number of aromatic hydroxyl groups is 3. The third-order valence-electron chi connectivity index (χ3n) is 1.74. The fourth-order valence-electron chi connectivity index (χ4n) is 1.09. The van der Waals surface area contributed by atoms with Gasteiger partial charge in [0.1, 0.15) is 17.2 Å². The smallest absolute Gasteiger partial charge is 0.126 e. The van der Waals surface area contributed by atoms with E-state index in [0.29, 0.717) is 18.6 Å². The molecule has 0 aromatic heterocycles. The number of methoxy groups -OCH3 is 1. The molecule has 0 spiro atoms. The van der Waals surface area contributed by atoms with E-state index in [1.807, 2.05) is 0 Å². The second-order valence-corrected chi connectivity index (χ2v) is 2.71. The van der Waals surface area contributed by atoms with Gasteiger partial charge in [-0.05, 0) is 0 Å². The highest BCUT2D eigenvalue weighted by molar-refractivity contribution is 5.48. The van der Waals surface area contributed by atoms with Crippen LogP contribution in [0.4, 0.5) is 0 Å². The summed E-state index contributed by atoms with van der Waals surface area (Å²) >= 11 is 0. The van der Waals surface area contributed by atoms with E-state index >= 15 is 0 Å². The molecular formula is C9H12O4. The minimum absolute atomic E-state index is 0.116. The Kier molecular flexibility index (Phi) is 2.97. The van der Waals surface area contributed by atoms with Crippen LogP contribution in [-0.2, 0) is 11.2 Å². The Balaban J connectivity index is 2.92. The van der Waals surface area contributed by atoms with Crippen LogP contribution in [0.2, 0.25) is 0 Å². The molecule has 0 aliphatic heterocycles. The predicted molar refractivity (Wildman–Crippen MR) is 47.0 cm³/mol. The monoisotopic (exact) mass is 184 g/mol. The number of phenolic OH excluding ortho intramolecular Hbond substituents is 3. The van der Waals surface area contributed by atoms with Crippen molar-refractivity contribution in [2.45, 2.75) is 6.42 Å². The molecule has 1 rings (SSSR count). The summed E-state index contributed by atoms with van der Waals surface area (Å²) in [4.78, 5) is 0. The Bertz CT molecular complexity index is 273. The van der Waals surface area contributed by atoms with Gasteiger partial charge in [-0.25, -0.2) is 0 Å². The summed E-state index contributed by atoms with van der Waals surface area (Å²) < 4.78 is 4.80. The predicted octanol–water partition coefficient (Wildman–Crippen LogP) is 0.992. The minimum Gasteiger partial charge on any atom is -0.508 e. The van der Waals surface area contributed by atoms with Gasteiger partial charge in [-0.3, -0.25) is 0 Å². The van der Waals surface area contributed by atoms with Gasteiger partial charge in [0.05, 0.1) is 6.61 Å². The summed E-state index contributed by atoms with van der Waals surface area (Å²) in [5.74, 6) is -0.389. The average Bonchev–Trinajstić information content (AvgIpc) is 2.02. The topological polar surface area (TPSA) is 69.9 Å². The van der Waals surface area contributed by atoms with E-state index in [1.54, 1.807) is 0 Å². The normalized spacial score (nSPS) is 10.2. The van der Waals surface area contributed by atoms with Crippen LogP contribution in [-0.4, -0.2) is 29.0 Å². The minimum atomic E-state index is -0.156. The standard InChI is InChI=1S/C9H12O4/c1-13-3-2-7-8(11)4-6(10)5-9(7)12/h4-5,10-12H,2-3H2,1H3. The highest BCUT2D eigenvalue weighted by Crippen LogP contribution is 2.31. The fraction of sp³-hybridized carbons (Fsp3) is 0.333. The van der Waals surface area contributed by atoms with Gasteiger partial charge in [-0.1, -0.05) is 0 Å². The highest BCUT2D eigenvalue weighted by atomic mass is 16.5. The van der Waals surface area contributed by atoms with Crippen molar-refractivity contribution in [3.8, 4) is 17.2 Å². The molecule has 72 valence electrons. The van der Waals surface area contributed by atoms with Crippen molar-refractivity contribution in [2.75, 3.05) is 13.7 Å². The SMILES string of the molecule is COCCc1c(O)cc(O)cc1O. The van der Waals surface area contributed by atoms with E-state index in [2.05, 4.69) is 0 Å². The fourth-order valence-corrected chi connectivity index (χ4v) is 1.09. The van der Waals surface area contributed by atoms with Gasteiger partial charge in [-0.15, -0.1) is 0 Å². The van der Waals surface area contributed by atoms with Gasteiger partial charge in [0.15, 0.2) is 0 Å². The highest BCUT2D eigenvalue weighted by Gasteiger charge is 2.08. The van der Waals surface area contributed by atoms with Crippen molar-refractivity contribution in [3.05, 3.63) is 17.7 Å². The van der Waals surface area contributed by atoms with Crippen molar-refractivity contribution in [3.63, 3.8) is 0 Å². The lowest BCUT2D eigenvalue weighted by atomic mass is 10.1. The van der Waals surface area contributed by atoms with Crippen LogP contribution in [0.5, 0.6) is 17.2 Å². The van der Waals surface area contributed by atoms with Crippen molar-refractivity contribution < 1.29 is 20.1 Å². The summed E-state index contributed by atoms with van der Waals surface area (Å²) in [6, 6.07) is 2.37. The van der Waals surface area contributed by atoms with Gasteiger partial charge in [-0.2, -0.15) is 0 Å². The van der Waals surface area contributed by atoms with Gasteiger partial charge in [0.25, 0.3) is 0 Å². The molecule has 0 unspecified atom stereocenters. The van der Waals surface area contributed by atoms with Crippen molar-refractivity contribution in [1.29, 1.82) is 0 Å². The quantitative estimate of drug-likeness (QED) is 0.655. The lowest BCUT2D eigenvalue weighted by Gasteiger charge is -2.06. The largest absolute Gasteiger partial charge is 0.508 e. The molecule has 1 aromatic rings. The Morgan fingerprint density at radius 1 is 1.15 bits per heavy atom. The zero-order valence-electron chi connectivity index (χ0n) is 7.32. The van der Waals surface area contributed by atoms with E-state index in [4.69, 9.17) is 9.84 Å². The molecule has 0 bridgehead atoms. The Morgan fingerprint density at radius 3 is 2.15 bits per heavy atom. The first-order valence-electron chi connectivity index (χ1n) is 3.88. The Morgan fingerprint density at radius 2 is 1.69 bits per heavy atom. The molecule has 0 amide bonds. The first kappa shape index (κ1) is 9.67. The third-order valence-corrected chi connectivity index (χ3v) is 1.74. The van der Waals surface area contributed by atoms with Crippen LogP contribution >= 0.6 is 0 Å². The summed E-state index contributed by atoms with van der Waals surface area (Å²) in [6.45, 7) is 0.409. The van der Waals surface area contributed by atoms with Crippen LogP contribution in [0.3, 0.4) is 0 Å². The Labute approximate surface area is 76.0 Å². The summed E-state index contributed by atoms with van der Waals surface area (Å²) in [5, 5.41) is 27.6. The molecule has 0 radical (unpaired) electrons. The molecule has 0 atom stereocenters.